The third-order valence-electron chi connectivity index (χ3n) is 2.16. The van der Waals surface area contributed by atoms with Crippen molar-refractivity contribution in [3.63, 3.8) is 0 Å². The van der Waals surface area contributed by atoms with Gasteiger partial charge in [0.05, 0.1) is 5.66 Å². The van der Waals surface area contributed by atoms with Crippen LogP contribution < -0.4 is 4.41 Å². The third-order valence-corrected chi connectivity index (χ3v) is 6.24. The van der Waals surface area contributed by atoms with Crippen molar-refractivity contribution < 1.29 is 4.41 Å². The Morgan fingerprint density at radius 1 is 1.08 bits per heavy atom. The molecule has 0 saturated heterocycles. The Labute approximate surface area is 78.9 Å². The molecular formula is C9H21NPSi+. The highest BCUT2D eigenvalue weighted by atomic mass is 31.1. The third kappa shape index (κ3) is 4.37. The van der Waals surface area contributed by atoms with Crippen molar-refractivity contribution in [2.75, 3.05) is 0 Å². The fourth-order valence-corrected chi connectivity index (χ4v) is 4.40. The second-order valence-electron chi connectivity index (χ2n) is 4.78. The van der Waals surface area contributed by atoms with E-state index in [1.54, 1.807) is 0 Å². The lowest BCUT2D eigenvalue weighted by atomic mass is 10.0. The van der Waals surface area contributed by atoms with Gasteiger partial charge in [0.25, 0.3) is 0 Å². The van der Waals surface area contributed by atoms with Gasteiger partial charge < -0.3 is 4.41 Å². The first kappa shape index (κ1) is 10.4. The molecule has 0 aromatic carbocycles. The van der Waals surface area contributed by atoms with E-state index >= 15 is 0 Å². The van der Waals surface area contributed by atoms with E-state index in [4.69, 9.17) is 0 Å². The van der Waals surface area contributed by atoms with E-state index < -0.39 is 8.24 Å². The zero-order valence-corrected chi connectivity index (χ0v) is 10.5. The highest BCUT2D eigenvalue weighted by Crippen LogP contribution is 2.25. The predicted molar refractivity (Wildman–Crippen MR) is 58.1 cm³/mol. The van der Waals surface area contributed by atoms with Gasteiger partial charge in [-0.1, -0.05) is 19.3 Å². The van der Waals surface area contributed by atoms with E-state index in [0.717, 1.165) is 5.66 Å². The second-order valence-corrected chi connectivity index (χ2v) is 11.2. The van der Waals surface area contributed by atoms with Crippen LogP contribution in [0, 0.1) is 0 Å². The van der Waals surface area contributed by atoms with Crippen molar-refractivity contribution in [3.8, 4) is 0 Å². The lowest BCUT2D eigenvalue weighted by Gasteiger charge is -2.14. The van der Waals surface area contributed by atoms with Crippen molar-refractivity contribution >= 4 is 16.6 Å². The van der Waals surface area contributed by atoms with Gasteiger partial charge >= 0.3 is 8.24 Å². The molecule has 1 N–H and O–H groups in total. The first-order valence-electron chi connectivity index (χ1n) is 5.05. The lowest BCUT2D eigenvalue weighted by Crippen LogP contribution is -2.81. The van der Waals surface area contributed by atoms with Gasteiger partial charge in [0.2, 0.25) is 0 Å². The van der Waals surface area contributed by atoms with Gasteiger partial charge in [0, 0.05) is 0 Å². The summed E-state index contributed by atoms with van der Waals surface area (Å²) in [6.45, 7) is 7.13. The highest BCUT2D eigenvalue weighted by Gasteiger charge is 2.22. The minimum absolute atomic E-state index is 0.963. The molecule has 0 unspecified atom stereocenters. The van der Waals surface area contributed by atoms with Gasteiger partial charge in [-0.15, -0.1) is 0 Å². The highest BCUT2D eigenvalue weighted by molar-refractivity contribution is 7.25. The molecule has 0 aromatic heterocycles. The van der Waals surface area contributed by atoms with Gasteiger partial charge in [-0.3, -0.25) is 0 Å². The maximum atomic E-state index is 3.70. The second kappa shape index (κ2) is 4.52. The molecule has 0 heterocycles. The van der Waals surface area contributed by atoms with Crippen molar-refractivity contribution in [3.05, 3.63) is 0 Å². The Kier molecular flexibility index (Phi) is 3.92. The zero-order chi connectivity index (χ0) is 9.03. The molecule has 12 heavy (non-hydrogen) atoms. The van der Waals surface area contributed by atoms with E-state index in [9.17, 15) is 0 Å². The van der Waals surface area contributed by atoms with E-state index in [2.05, 4.69) is 24.1 Å². The molecule has 70 valence electrons. The standard InChI is InChI=1S/C9H20NPSi/c1-12(2,3)10-11-9-7-5-4-6-8-9/h9H,4-8H2,1-3H3/p+1. The average molecular weight is 202 g/mol. The summed E-state index contributed by atoms with van der Waals surface area (Å²) in [5, 5.41) is 0. The summed E-state index contributed by atoms with van der Waals surface area (Å²) in [6, 6.07) is 0. The van der Waals surface area contributed by atoms with Crippen LogP contribution in [0.5, 0.6) is 0 Å². The monoisotopic (exact) mass is 202 g/mol. The molecule has 0 aliphatic heterocycles. The van der Waals surface area contributed by atoms with Crippen molar-refractivity contribution in [1.29, 1.82) is 0 Å². The summed E-state index contributed by atoms with van der Waals surface area (Å²) in [7, 11) is 0.527. The molecule has 0 radical (unpaired) electrons. The molecule has 0 amide bonds. The van der Waals surface area contributed by atoms with Crippen LogP contribution >= 0.6 is 8.37 Å². The molecule has 0 bridgehead atoms. The van der Waals surface area contributed by atoms with Crippen molar-refractivity contribution in [2.45, 2.75) is 57.4 Å². The topological polar surface area (TPSA) is 14.0 Å². The van der Waals surface area contributed by atoms with Crippen LogP contribution in [0.4, 0.5) is 0 Å². The van der Waals surface area contributed by atoms with Gasteiger partial charge in [-0.05, 0) is 32.5 Å². The van der Waals surface area contributed by atoms with Crippen LogP contribution in [-0.4, -0.2) is 13.9 Å². The fourth-order valence-electron chi connectivity index (χ4n) is 1.50. The first-order valence-corrected chi connectivity index (χ1v) is 9.51. The normalized spacial score (nSPS) is 21.9. The summed E-state index contributed by atoms with van der Waals surface area (Å²) in [5.41, 5.74) is 0.963. The minimum atomic E-state index is -1.00. The van der Waals surface area contributed by atoms with Crippen LogP contribution in [-0.2, 0) is 0 Å². The predicted octanol–water partition coefficient (Wildman–Crippen LogP) is 2.36. The van der Waals surface area contributed by atoms with Gasteiger partial charge in [-0.25, -0.2) is 0 Å². The van der Waals surface area contributed by atoms with Crippen LogP contribution in [0.25, 0.3) is 0 Å². The summed E-state index contributed by atoms with van der Waals surface area (Å²) >= 11 is 0. The fraction of sp³-hybridized carbons (Fsp3) is 1.00. The van der Waals surface area contributed by atoms with Crippen molar-refractivity contribution in [1.82, 2.24) is 0 Å². The van der Waals surface area contributed by atoms with E-state index in [1.807, 2.05) is 0 Å². The Bertz CT molecular complexity index is 156. The Morgan fingerprint density at radius 3 is 2.17 bits per heavy atom. The summed E-state index contributed by atoms with van der Waals surface area (Å²) in [6.07, 6.45) is 7.31. The molecular weight excluding hydrogens is 181 g/mol. The smallest absolute Gasteiger partial charge is 0.307 e. The first-order chi connectivity index (χ1) is 5.58. The molecule has 1 fully saturated rings. The molecule has 0 aromatic rings. The van der Waals surface area contributed by atoms with Crippen LogP contribution in [0.2, 0.25) is 19.6 Å². The molecule has 1 aliphatic carbocycles. The van der Waals surface area contributed by atoms with Crippen LogP contribution in [0.3, 0.4) is 0 Å². The van der Waals surface area contributed by atoms with Gasteiger partial charge in [0.15, 0.2) is 8.37 Å². The summed E-state index contributed by atoms with van der Waals surface area (Å²) < 4.78 is 3.70. The molecule has 0 spiro atoms. The largest absolute Gasteiger partial charge is 0.349 e. The van der Waals surface area contributed by atoms with Gasteiger partial charge in [0.1, 0.15) is 0 Å². The number of rotatable bonds is 2. The van der Waals surface area contributed by atoms with Crippen molar-refractivity contribution in [2.24, 2.45) is 0 Å². The molecule has 1 rings (SSSR count). The summed E-state index contributed by atoms with van der Waals surface area (Å²) in [4.78, 5) is 0. The molecule has 1 aliphatic rings. The molecule has 3 heteroatoms. The van der Waals surface area contributed by atoms with Gasteiger partial charge in [-0.2, -0.15) is 0 Å². The summed E-state index contributed by atoms with van der Waals surface area (Å²) in [5.74, 6) is 0. The van der Waals surface area contributed by atoms with E-state index in [0.29, 0.717) is 0 Å². The SMILES string of the molecule is C[Si](C)(C)[NH+]=PC1CCCCC1. The number of nitrogens with one attached hydrogen (secondary N) is 1. The number of hydrogen-bond acceptors (Lipinski definition) is 0. The minimum Gasteiger partial charge on any atom is -0.307 e. The molecule has 1 saturated carbocycles. The van der Waals surface area contributed by atoms with E-state index in [1.165, 1.54) is 40.5 Å². The lowest BCUT2D eigenvalue weighted by molar-refractivity contribution is -0.273. The Morgan fingerprint density at radius 2 is 1.67 bits per heavy atom. The van der Waals surface area contributed by atoms with Crippen LogP contribution in [0.1, 0.15) is 32.1 Å². The maximum absolute atomic E-state index is 3.70. The number of hydrogen-bond donors (Lipinski definition) is 1. The molecule has 0 atom stereocenters. The zero-order valence-electron chi connectivity index (χ0n) is 8.56. The Hall–Kier alpha value is 0.317. The van der Waals surface area contributed by atoms with Crippen LogP contribution in [0.15, 0.2) is 0 Å². The maximum Gasteiger partial charge on any atom is 0.349 e. The molecule has 1 nitrogen and oxygen atoms in total. The Balaban J connectivity index is 2.33. The quantitative estimate of drug-likeness (QED) is 0.522. The van der Waals surface area contributed by atoms with E-state index in [-0.39, 0.29) is 0 Å². The average Bonchev–Trinajstić information content (AvgIpc) is 2.02.